The van der Waals surface area contributed by atoms with Gasteiger partial charge < -0.3 is 14.8 Å². The second kappa shape index (κ2) is 7.32. The number of rotatable bonds is 4. The van der Waals surface area contributed by atoms with Crippen molar-refractivity contribution >= 4 is 11.6 Å². The number of nitrogens with zero attached hydrogens (tertiary/aromatic N) is 2. The summed E-state index contributed by atoms with van der Waals surface area (Å²) in [7, 11) is 0. The van der Waals surface area contributed by atoms with Crippen LogP contribution in [-0.2, 0) is 16.6 Å². The minimum absolute atomic E-state index is 0.0930. The Morgan fingerprint density at radius 3 is 2.69 bits per heavy atom. The Morgan fingerprint density at radius 2 is 2.04 bits per heavy atom. The van der Waals surface area contributed by atoms with Gasteiger partial charge in [0.2, 0.25) is 5.91 Å². The van der Waals surface area contributed by atoms with E-state index in [0.29, 0.717) is 25.3 Å². The standard InChI is InChI=1S/C20H25N3O3/c1-5-25-16-6-7-17-13(9-16)8-14(12-26-17)18(24)23-15-10-21-19(22-11-15)20(2,3)4/h6-7,9-11,14H,5,8,12H2,1-4H3,(H,23,24). The van der Waals surface area contributed by atoms with Crippen LogP contribution in [0.4, 0.5) is 5.69 Å². The van der Waals surface area contributed by atoms with Gasteiger partial charge >= 0.3 is 0 Å². The molecule has 1 atom stereocenters. The van der Waals surface area contributed by atoms with Crippen LogP contribution >= 0.6 is 0 Å². The molecule has 3 rings (SSSR count). The minimum Gasteiger partial charge on any atom is -0.494 e. The lowest BCUT2D eigenvalue weighted by atomic mass is 9.95. The number of anilines is 1. The van der Waals surface area contributed by atoms with Crippen molar-refractivity contribution in [3.63, 3.8) is 0 Å². The predicted molar refractivity (Wildman–Crippen MR) is 99.7 cm³/mol. The number of aromatic nitrogens is 2. The van der Waals surface area contributed by atoms with E-state index < -0.39 is 0 Å². The Hall–Kier alpha value is -2.63. The van der Waals surface area contributed by atoms with Gasteiger partial charge in [0.15, 0.2) is 0 Å². The average Bonchev–Trinajstić information content (AvgIpc) is 2.61. The summed E-state index contributed by atoms with van der Waals surface area (Å²) < 4.78 is 11.3. The smallest absolute Gasteiger partial charge is 0.231 e. The van der Waals surface area contributed by atoms with Crippen LogP contribution in [0.5, 0.6) is 11.5 Å². The fraction of sp³-hybridized carbons (Fsp3) is 0.450. The molecule has 1 amide bonds. The molecule has 0 aliphatic carbocycles. The summed E-state index contributed by atoms with van der Waals surface area (Å²) in [5, 5.41) is 2.89. The molecule has 0 saturated heterocycles. The van der Waals surface area contributed by atoms with Gasteiger partial charge in [0.25, 0.3) is 0 Å². The number of benzene rings is 1. The minimum atomic E-state index is -0.262. The van der Waals surface area contributed by atoms with Crippen molar-refractivity contribution in [3.8, 4) is 11.5 Å². The van der Waals surface area contributed by atoms with Gasteiger partial charge in [-0.3, -0.25) is 4.79 Å². The molecule has 1 aliphatic heterocycles. The van der Waals surface area contributed by atoms with Crippen LogP contribution in [0.1, 0.15) is 39.1 Å². The Morgan fingerprint density at radius 1 is 1.31 bits per heavy atom. The van der Waals surface area contributed by atoms with E-state index in [4.69, 9.17) is 9.47 Å². The van der Waals surface area contributed by atoms with E-state index in [2.05, 4.69) is 15.3 Å². The highest BCUT2D eigenvalue weighted by Gasteiger charge is 2.27. The summed E-state index contributed by atoms with van der Waals surface area (Å²) >= 11 is 0. The largest absolute Gasteiger partial charge is 0.494 e. The summed E-state index contributed by atoms with van der Waals surface area (Å²) in [6.07, 6.45) is 3.91. The quantitative estimate of drug-likeness (QED) is 0.910. The Bertz CT molecular complexity index is 782. The van der Waals surface area contributed by atoms with E-state index in [0.717, 1.165) is 22.9 Å². The molecule has 1 N–H and O–H groups in total. The normalized spacial score (nSPS) is 16.4. The molecule has 0 radical (unpaired) electrons. The highest BCUT2D eigenvalue weighted by Crippen LogP contribution is 2.31. The second-order valence-electron chi connectivity index (χ2n) is 7.45. The van der Waals surface area contributed by atoms with Crippen LogP contribution < -0.4 is 14.8 Å². The van der Waals surface area contributed by atoms with Crippen LogP contribution in [0.3, 0.4) is 0 Å². The van der Waals surface area contributed by atoms with Crippen molar-refractivity contribution < 1.29 is 14.3 Å². The molecule has 6 nitrogen and oxygen atoms in total. The van der Waals surface area contributed by atoms with Crippen molar-refractivity contribution in [1.82, 2.24) is 9.97 Å². The Labute approximate surface area is 154 Å². The predicted octanol–water partition coefficient (Wildman–Crippen LogP) is 3.36. The van der Waals surface area contributed by atoms with E-state index in [-0.39, 0.29) is 17.2 Å². The number of fused-ring (bicyclic) bond motifs is 1. The monoisotopic (exact) mass is 355 g/mol. The summed E-state index contributed by atoms with van der Waals surface area (Å²) in [6.45, 7) is 9.05. The lowest BCUT2D eigenvalue weighted by molar-refractivity contribution is -0.121. The van der Waals surface area contributed by atoms with Gasteiger partial charge in [-0.1, -0.05) is 20.8 Å². The van der Waals surface area contributed by atoms with Gasteiger partial charge in [0.1, 0.15) is 23.9 Å². The third-order valence-corrected chi connectivity index (χ3v) is 4.21. The van der Waals surface area contributed by atoms with Crippen LogP contribution in [0.15, 0.2) is 30.6 Å². The molecule has 0 bridgehead atoms. The highest BCUT2D eigenvalue weighted by atomic mass is 16.5. The molecule has 0 fully saturated rings. The van der Waals surface area contributed by atoms with Crippen molar-refractivity contribution in [2.24, 2.45) is 5.92 Å². The maximum Gasteiger partial charge on any atom is 0.231 e. The van der Waals surface area contributed by atoms with Crippen molar-refractivity contribution in [1.29, 1.82) is 0 Å². The molecular formula is C20H25N3O3. The lowest BCUT2D eigenvalue weighted by Gasteiger charge is -2.25. The van der Waals surface area contributed by atoms with Crippen molar-refractivity contribution in [3.05, 3.63) is 42.0 Å². The molecule has 6 heteroatoms. The molecule has 2 aromatic rings. The zero-order valence-electron chi connectivity index (χ0n) is 15.7. The molecule has 26 heavy (non-hydrogen) atoms. The molecule has 1 aromatic carbocycles. The summed E-state index contributed by atoms with van der Waals surface area (Å²) in [5.74, 6) is 2.00. The van der Waals surface area contributed by atoms with E-state index in [1.54, 1.807) is 12.4 Å². The van der Waals surface area contributed by atoms with Crippen molar-refractivity contribution in [2.45, 2.75) is 39.5 Å². The summed E-state index contributed by atoms with van der Waals surface area (Å²) in [4.78, 5) is 21.3. The molecule has 138 valence electrons. The first kappa shape index (κ1) is 18.2. The number of amides is 1. The maximum absolute atomic E-state index is 12.6. The van der Waals surface area contributed by atoms with Crippen molar-refractivity contribution in [2.75, 3.05) is 18.5 Å². The van der Waals surface area contributed by atoms with Gasteiger partial charge in [0.05, 0.1) is 30.6 Å². The Kier molecular flexibility index (Phi) is 5.11. The van der Waals surface area contributed by atoms with Crippen LogP contribution in [0.2, 0.25) is 0 Å². The number of carbonyl (C=O) groups is 1. The molecule has 0 spiro atoms. The van der Waals surface area contributed by atoms with Crippen LogP contribution in [-0.4, -0.2) is 29.1 Å². The maximum atomic E-state index is 12.6. The van der Waals surface area contributed by atoms with Gasteiger partial charge in [-0.25, -0.2) is 9.97 Å². The van der Waals surface area contributed by atoms with E-state index in [1.165, 1.54) is 0 Å². The van der Waals surface area contributed by atoms with E-state index in [9.17, 15) is 4.79 Å². The molecule has 2 heterocycles. The van der Waals surface area contributed by atoms with E-state index >= 15 is 0 Å². The van der Waals surface area contributed by atoms with Gasteiger partial charge in [-0.15, -0.1) is 0 Å². The zero-order valence-corrected chi connectivity index (χ0v) is 15.7. The highest BCUT2D eigenvalue weighted by molar-refractivity contribution is 5.92. The third-order valence-electron chi connectivity index (χ3n) is 4.21. The fourth-order valence-corrected chi connectivity index (χ4v) is 2.82. The van der Waals surface area contributed by atoms with Gasteiger partial charge in [-0.2, -0.15) is 0 Å². The molecule has 1 aromatic heterocycles. The number of hydrogen-bond acceptors (Lipinski definition) is 5. The SMILES string of the molecule is CCOc1ccc2c(c1)CC(C(=O)Nc1cnc(C(C)(C)C)nc1)CO2. The van der Waals surface area contributed by atoms with Crippen LogP contribution in [0, 0.1) is 5.92 Å². The average molecular weight is 355 g/mol. The summed E-state index contributed by atoms with van der Waals surface area (Å²) in [6, 6.07) is 5.73. The topological polar surface area (TPSA) is 73.3 Å². The lowest BCUT2D eigenvalue weighted by Crippen LogP contribution is -2.32. The Balaban J connectivity index is 1.66. The molecule has 1 aliphatic rings. The first-order valence-electron chi connectivity index (χ1n) is 8.88. The number of carbonyl (C=O) groups excluding carboxylic acids is 1. The number of nitrogens with one attached hydrogen (secondary N) is 1. The van der Waals surface area contributed by atoms with Gasteiger partial charge in [0, 0.05) is 5.41 Å². The van der Waals surface area contributed by atoms with Gasteiger partial charge in [-0.05, 0) is 37.1 Å². The first-order chi connectivity index (χ1) is 12.4. The summed E-state index contributed by atoms with van der Waals surface area (Å²) in [5.41, 5.74) is 1.46. The molecule has 0 saturated carbocycles. The van der Waals surface area contributed by atoms with E-state index in [1.807, 2.05) is 45.9 Å². The van der Waals surface area contributed by atoms with Crippen LogP contribution in [0.25, 0.3) is 0 Å². The second-order valence-corrected chi connectivity index (χ2v) is 7.45. The third kappa shape index (κ3) is 4.12. The first-order valence-corrected chi connectivity index (χ1v) is 8.88. The molecular weight excluding hydrogens is 330 g/mol. The number of ether oxygens (including phenoxy) is 2. The fourth-order valence-electron chi connectivity index (χ4n) is 2.82. The number of hydrogen-bond donors (Lipinski definition) is 1. The molecule has 1 unspecified atom stereocenters. The zero-order chi connectivity index (χ0) is 18.7.